The van der Waals surface area contributed by atoms with Crippen LogP contribution in [0.4, 0.5) is 5.82 Å². The Kier molecular flexibility index (Phi) is 4.62. The van der Waals surface area contributed by atoms with Gasteiger partial charge in [0.15, 0.2) is 5.79 Å². The Morgan fingerprint density at radius 2 is 1.97 bits per heavy atom. The predicted octanol–water partition coefficient (Wildman–Crippen LogP) is 3.45. The van der Waals surface area contributed by atoms with Crippen LogP contribution in [-0.2, 0) is 22.3 Å². The molecule has 2 aliphatic carbocycles. The first-order valence-corrected chi connectivity index (χ1v) is 11.5. The van der Waals surface area contributed by atoms with E-state index in [4.69, 9.17) is 19.9 Å². The van der Waals surface area contributed by atoms with Crippen LogP contribution in [0.3, 0.4) is 0 Å². The maximum Gasteiger partial charge on any atom is 0.163 e. The third kappa shape index (κ3) is 3.24. The Morgan fingerprint density at radius 1 is 1.12 bits per heavy atom. The van der Waals surface area contributed by atoms with E-state index in [1.807, 2.05) is 38.4 Å². The van der Waals surface area contributed by atoms with Crippen molar-refractivity contribution in [2.75, 3.05) is 12.3 Å². The third-order valence-corrected chi connectivity index (χ3v) is 7.09. The third-order valence-electron chi connectivity index (χ3n) is 7.09. The number of aromatic nitrogens is 4. The molecular formula is C24H29N5O3. The average molecular weight is 436 g/mol. The molecule has 3 aliphatic rings. The van der Waals surface area contributed by atoms with Gasteiger partial charge in [-0.3, -0.25) is 4.98 Å². The van der Waals surface area contributed by atoms with Gasteiger partial charge in [0.25, 0.3) is 0 Å². The molecule has 1 saturated heterocycles. The molecule has 1 saturated carbocycles. The van der Waals surface area contributed by atoms with E-state index in [1.54, 1.807) is 0 Å². The zero-order valence-electron chi connectivity index (χ0n) is 18.5. The number of nitrogen functional groups attached to an aromatic ring is 1. The van der Waals surface area contributed by atoms with Gasteiger partial charge in [0.2, 0.25) is 0 Å². The number of nitrogens with two attached hydrogens (primary N) is 1. The normalized spacial score (nSPS) is 28.6. The van der Waals surface area contributed by atoms with E-state index < -0.39 is 5.79 Å². The fraction of sp³-hybridized carbons (Fsp3) is 0.542. The van der Waals surface area contributed by atoms with Gasteiger partial charge in [-0.05, 0) is 58.1 Å². The van der Waals surface area contributed by atoms with E-state index in [0.29, 0.717) is 12.4 Å². The molecule has 0 unspecified atom stereocenters. The van der Waals surface area contributed by atoms with Crippen LogP contribution >= 0.6 is 0 Å². The molecule has 3 aromatic rings. The summed E-state index contributed by atoms with van der Waals surface area (Å²) in [6.07, 6.45) is 10.7. The van der Waals surface area contributed by atoms with Crippen LogP contribution in [0.15, 0.2) is 30.9 Å². The molecule has 2 fully saturated rings. The summed E-state index contributed by atoms with van der Waals surface area (Å²) in [5, 5.41) is 0.866. The molecular weight excluding hydrogens is 406 g/mol. The number of ether oxygens (including phenoxy) is 3. The molecule has 1 aliphatic heterocycles. The standard InChI is InChI=1S/C24H29N5O3/c1-24(2)31-20-14(12-30-19-7-9-26-17-6-4-3-5-15(17)19)11-18(21(20)32-24)29-10-8-16-22(25)27-13-28-23(16)29/h7-10,13-14,18,20-21H,3-6,11-12H2,1-2H3,(H2,25,27,28)/t14-,18+,20+,21-/m0/s1. The molecule has 4 heterocycles. The van der Waals surface area contributed by atoms with Crippen LogP contribution in [0, 0.1) is 5.92 Å². The van der Waals surface area contributed by atoms with E-state index >= 15 is 0 Å². The van der Waals surface area contributed by atoms with Gasteiger partial charge in [0, 0.05) is 29.6 Å². The fourth-order valence-electron chi connectivity index (χ4n) is 5.68. The molecule has 0 radical (unpaired) electrons. The number of fused-ring (bicyclic) bond motifs is 3. The second-order valence-corrected chi connectivity index (χ2v) is 9.60. The minimum atomic E-state index is -0.626. The van der Waals surface area contributed by atoms with E-state index in [1.165, 1.54) is 30.4 Å². The van der Waals surface area contributed by atoms with Gasteiger partial charge >= 0.3 is 0 Å². The van der Waals surface area contributed by atoms with Gasteiger partial charge in [-0.1, -0.05) is 0 Å². The molecule has 6 rings (SSSR count). The Balaban J connectivity index is 1.28. The van der Waals surface area contributed by atoms with Crippen molar-refractivity contribution < 1.29 is 14.2 Å². The summed E-state index contributed by atoms with van der Waals surface area (Å²) >= 11 is 0. The van der Waals surface area contributed by atoms with Crippen LogP contribution in [0.5, 0.6) is 5.75 Å². The van der Waals surface area contributed by atoms with Gasteiger partial charge in [-0.25, -0.2) is 9.97 Å². The summed E-state index contributed by atoms with van der Waals surface area (Å²) in [6, 6.07) is 4.07. The van der Waals surface area contributed by atoms with Crippen molar-refractivity contribution in [3.05, 3.63) is 42.1 Å². The number of anilines is 1. The van der Waals surface area contributed by atoms with Crippen LogP contribution in [-0.4, -0.2) is 44.1 Å². The molecule has 2 N–H and O–H groups in total. The van der Waals surface area contributed by atoms with E-state index in [0.717, 1.165) is 36.0 Å². The highest BCUT2D eigenvalue weighted by molar-refractivity contribution is 5.86. The van der Waals surface area contributed by atoms with Crippen LogP contribution in [0.1, 0.15) is 50.4 Å². The summed E-state index contributed by atoms with van der Waals surface area (Å²) in [4.78, 5) is 13.2. The average Bonchev–Trinajstić information content (AvgIpc) is 3.44. The number of rotatable bonds is 4. The highest BCUT2D eigenvalue weighted by atomic mass is 16.8. The second-order valence-electron chi connectivity index (χ2n) is 9.60. The maximum absolute atomic E-state index is 6.41. The van der Waals surface area contributed by atoms with Crippen molar-refractivity contribution in [3.8, 4) is 5.75 Å². The van der Waals surface area contributed by atoms with Crippen molar-refractivity contribution in [2.24, 2.45) is 5.92 Å². The van der Waals surface area contributed by atoms with Crippen molar-refractivity contribution in [3.63, 3.8) is 0 Å². The minimum Gasteiger partial charge on any atom is -0.493 e. The Morgan fingerprint density at radius 3 is 2.88 bits per heavy atom. The second kappa shape index (κ2) is 7.42. The van der Waals surface area contributed by atoms with Crippen LogP contribution in [0.25, 0.3) is 11.0 Å². The number of nitrogens with zero attached hydrogens (tertiary/aromatic N) is 4. The Hall–Kier alpha value is -2.71. The number of aryl methyl sites for hydroxylation is 1. The summed E-state index contributed by atoms with van der Waals surface area (Å²) < 4.78 is 21.3. The fourth-order valence-corrected chi connectivity index (χ4v) is 5.68. The SMILES string of the molecule is CC1(C)O[C@@H]2[C@H](COc3ccnc4c3CCCC4)C[C@@H](n3ccc4c(N)ncnc43)[C@@H]2O1. The lowest BCUT2D eigenvalue weighted by Gasteiger charge is -2.25. The van der Waals surface area contributed by atoms with Crippen molar-refractivity contribution in [1.29, 1.82) is 0 Å². The number of hydrogen-bond acceptors (Lipinski definition) is 7. The highest BCUT2D eigenvalue weighted by Gasteiger charge is 2.55. The van der Waals surface area contributed by atoms with Gasteiger partial charge in [0.05, 0.1) is 24.1 Å². The largest absolute Gasteiger partial charge is 0.493 e. The molecule has 0 aromatic carbocycles. The summed E-state index contributed by atoms with van der Waals surface area (Å²) in [6.45, 7) is 4.55. The Labute approximate surface area is 187 Å². The lowest BCUT2D eigenvalue weighted by molar-refractivity contribution is -0.161. The van der Waals surface area contributed by atoms with Gasteiger partial charge in [-0.15, -0.1) is 0 Å². The molecule has 4 atom stereocenters. The van der Waals surface area contributed by atoms with Gasteiger partial charge in [-0.2, -0.15) is 0 Å². The lowest BCUT2D eigenvalue weighted by atomic mass is 9.95. The van der Waals surface area contributed by atoms with E-state index in [2.05, 4.69) is 19.5 Å². The molecule has 8 heteroatoms. The first kappa shape index (κ1) is 19.9. The number of hydrogen-bond donors (Lipinski definition) is 1. The molecule has 3 aromatic heterocycles. The Bertz CT molecular complexity index is 1160. The molecule has 8 nitrogen and oxygen atoms in total. The topological polar surface area (TPSA) is 97.3 Å². The molecule has 32 heavy (non-hydrogen) atoms. The molecule has 0 amide bonds. The van der Waals surface area contributed by atoms with Crippen molar-refractivity contribution in [2.45, 2.75) is 70.0 Å². The quantitative estimate of drug-likeness (QED) is 0.670. The van der Waals surface area contributed by atoms with E-state index in [9.17, 15) is 0 Å². The first-order chi connectivity index (χ1) is 15.5. The lowest BCUT2D eigenvalue weighted by Crippen LogP contribution is -2.29. The monoisotopic (exact) mass is 435 g/mol. The van der Waals surface area contributed by atoms with Crippen molar-refractivity contribution in [1.82, 2.24) is 19.5 Å². The molecule has 168 valence electrons. The van der Waals surface area contributed by atoms with Gasteiger partial charge < -0.3 is 24.5 Å². The smallest absolute Gasteiger partial charge is 0.163 e. The predicted molar refractivity (Wildman–Crippen MR) is 119 cm³/mol. The zero-order chi connectivity index (χ0) is 21.9. The molecule has 0 spiro atoms. The van der Waals surface area contributed by atoms with Crippen LogP contribution in [0.2, 0.25) is 0 Å². The summed E-state index contributed by atoms with van der Waals surface area (Å²) in [5.74, 6) is 1.05. The zero-order valence-corrected chi connectivity index (χ0v) is 18.5. The van der Waals surface area contributed by atoms with Crippen LogP contribution < -0.4 is 10.5 Å². The van der Waals surface area contributed by atoms with E-state index in [-0.39, 0.29) is 24.2 Å². The first-order valence-electron chi connectivity index (χ1n) is 11.5. The number of pyridine rings is 1. The molecule has 0 bridgehead atoms. The van der Waals surface area contributed by atoms with Crippen molar-refractivity contribution >= 4 is 16.9 Å². The summed E-state index contributed by atoms with van der Waals surface area (Å²) in [5.41, 5.74) is 9.36. The minimum absolute atomic E-state index is 0.0377. The highest BCUT2D eigenvalue weighted by Crippen LogP contribution is 2.48. The summed E-state index contributed by atoms with van der Waals surface area (Å²) in [7, 11) is 0. The maximum atomic E-state index is 6.41. The van der Waals surface area contributed by atoms with Gasteiger partial charge in [0.1, 0.15) is 29.6 Å².